The highest BCUT2D eigenvalue weighted by Crippen LogP contribution is 2.40. The van der Waals surface area contributed by atoms with Crippen molar-refractivity contribution < 1.29 is 9.53 Å². The molecule has 2 fully saturated rings. The number of carbonyl (C=O) groups excluding carboxylic acids is 1. The van der Waals surface area contributed by atoms with E-state index in [1.165, 1.54) is 5.56 Å². The highest BCUT2D eigenvalue weighted by atomic mass is 16.5. The van der Waals surface area contributed by atoms with E-state index < -0.39 is 0 Å². The van der Waals surface area contributed by atoms with Crippen molar-refractivity contribution >= 4 is 6.03 Å². The lowest BCUT2D eigenvalue weighted by molar-refractivity contribution is -0.0211. The van der Waals surface area contributed by atoms with Gasteiger partial charge >= 0.3 is 6.03 Å². The summed E-state index contributed by atoms with van der Waals surface area (Å²) in [7, 11) is 0. The summed E-state index contributed by atoms with van der Waals surface area (Å²) in [5.41, 5.74) is 7.42. The van der Waals surface area contributed by atoms with Crippen molar-refractivity contribution in [1.29, 1.82) is 5.26 Å². The minimum absolute atomic E-state index is 0.280. The Hall–Kier alpha value is -3.04. The van der Waals surface area contributed by atoms with Gasteiger partial charge in [-0.3, -0.25) is 4.90 Å². The molecule has 0 saturated carbocycles. The van der Waals surface area contributed by atoms with Gasteiger partial charge in [0.25, 0.3) is 0 Å². The number of rotatable bonds is 4. The fraction of sp³-hybridized carbons (Fsp3) is 0.364. The number of hydrogen-bond acceptors (Lipinski definition) is 4. The molecule has 4 rings (SSSR count). The molecule has 0 atom stereocenters. The number of hydrogen-bond donors (Lipinski definition) is 1. The number of nitriles is 1. The van der Waals surface area contributed by atoms with Crippen LogP contribution in [0.25, 0.3) is 0 Å². The smallest absolute Gasteiger partial charge is 0.314 e. The number of amides is 2. The lowest BCUT2D eigenvalue weighted by Gasteiger charge is -2.53. The van der Waals surface area contributed by atoms with Crippen LogP contribution in [0.2, 0.25) is 0 Å². The molecular formula is C22H24N4O2. The van der Waals surface area contributed by atoms with E-state index in [0.717, 1.165) is 51.3 Å². The maximum Gasteiger partial charge on any atom is 0.314 e. The van der Waals surface area contributed by atoms with Gasteiger partial charge in [-0.1, -0.05) is 18.2 Å². The molecule has 2 N–H and O–H groups in total. The fourth-order valence-corrected chi connectivity index (χ4v) is 4.15. The first-order chi connectivity index (χ1) is 13.5. The monoisotopic (exact) mass is 376 g/mol. The molecule has 0 aliphatic carbocycles. The van der Waals surface area contributed by atoms with Gasteiger partial charge in [-0.2, -0.15) is 5.26 Å². The largest absolute Gasteiger partial charge is 0.457 e. The van der Waals surface area contributed by atoms with Crippen LogP contribution >= 0.6 is 0 Å². The molecule has 2 saturated heterocycles. The Morgan fingerprint density at radius 1 is 1.11 bits per heavy atom. The number of ether oxygens (including phenoxy) is 1. The van der Waals surface area contributed by atoms with Crippen molar-refractivity contribution in [2.45, 2.75) is 19.4 Å². The number of primary amides is 1. The van der Waals surface area contributed by atoms with Crippen LogP contribution in [0.3, 0.4) is 0 Å². The van der Waals surface area contributed by atoms with Gasteiger partial charge in [-0.05, 0) is 61.8 Å². The molecule has 2 heterocycles. The third kappa shape index (κ3) is 3.95. The van der Waals surface area contributed by atoms with Gasteiger partial charge in [0, 0.05) is 25.0 Å². The van der Waals surface area contributed by atoms with Gasteiger partial charge in [-0.25, -0.2) is 4.79 Å². The molecule has 0 aromatic heterocycles. The fourth-order valence-electron chi connectivity index (χ4n) is 4.15. The summed E-state index contributed by atoms with van der Waals surface area (Å²) >= 11 is 0. The Kier molecular flexibility index (Phi) is 4.93. The van der Waals surface area contributed by atoms with E-state index in [0.29, 0.717) is 11.3 Å². The average Bonchev–Trinajstić information content (AvgIpc) is 2.67. The Labute approximate surface area is 165 Å². The highest BCUT2D eigenvalue weighted by Gasteiger charge is 2.46. The Morgan fingerprint density at radius 2 is 1.79 bits per heavy atom. The van der Waals surface area contributed by atoms with Gasteiger partial charge < -0.3 is 15.4 Å². The number of benzene rings is 2. The predicted octanol–water partition coefficient (Wildman–Crippen LogP) is 3.33. The van der Waals surface area contributed by atoms with Crippen LogP contribution in [0.1, 0.15) is 24.0 Å². The number of carbonyl (C=O) groups is 1. The lowest BCUT2D eigenvalue weighted by Crippen LogP contribution is -2.62. The molecule has 2 aromatic rings. The topological polar surface area (TPSA) is 82.6 Å². The molecule has 28 heavy (non-hydrogen) atoms. The predicted molar refractivity (Wildman–Crippen MR) is 106 cm³/mol. The summed E-state index contributed by atoms with van der Waals surface area (Å²) in [6.45, 7) is 4.55. The summed E-state index contributed by atoms with van der Waals surface area (Å²) < 4.78 is 5.93. The second-order valence-electron chi connectivity index (χ2n) is 7.86. The van der Waals surface area contributed by atoms with Crippen LogP contribution < -0.4 is 10.5 Å². The quantitative estimate of drug-likeness (QED) is 0.887. The molecule has 2 aromatic carbocycles. The van der Waals surface area contributed by atoms with Gasteiger partial charge in [-0.15, -0.1) is 0 Å². The van der Waals surface area contributed by atoms with E-state index in [9.17, 15) is 4.79 Å². The molecular weight excluding hydrogens is 352 g/mol. The van der Waals surface area contributed by atoms with Crippen LogP contribution in [-0.4, -0.2) is 42.0 Å². The zero-order valence-corrected chi connectivity index (χ0v) is 15.8. The zero-order chi connectivity index (χ0) is 19.6. The van der Waals surface area contributed by atoms with E-state index in [1.54, 1.807) is 17.0 Å². The zero-order valence-electron chi connectivity index (χ0n) is 15.8. The minimum Gasteiger partial charge on any atom is -0.457 e. The SMILES string of the molecule is N#Cc1cccc(Oc2cccc(CN3CCC4(CC3)CN(C(N)=O)C4)c2)c1. The van der Waals surface area contributed by atoms with Crippen molar-refractivity contribution in [3.8, 4) is 17.6 Å². The second kappa shape index (κ2) is 7.53. The van der Waals surface area contributed by atoms with Crippen molar-refractivity contribution in [1.82, 2.24) is 9.80 Å². The van der Waals surface area contributed by atoms with Crippen LogP contribution in [0.15, 0.2) is 48.5 Å². The average molecular weight is 376 g/mol. The lowest BCUT2D eigenvalue weighted by atomic mass is 9.72. The van der Waals surface area contributed by atoms with E-state index in [4.69, 9.17) is 15.7 Å². The van der Waals surface area contributed by atoms with Crippen LogP contribution in [0, 0.1) is 16.7 Å². The first-order valence-electron chi connectivity index (χ1n) is 9.59. The molecule has 0 unspecified atom stereocenters. The van der Waals surface area contributed by atoms with Gasteiger partial charge in [0.15, 0.2) is 0 Å². The molecule has 2 amide bonds. The van der Waals surface area contributed by atoms with Crippen LogP contribution in [0.4, 0.5) is 4.79 Å². The summed E-state index contributed by atoms with van der Waals surface area (Å²) in [6.07, 6.45) is 2.21. The van der Waals surface area contributed by atoms with E-state index >= 15 is 0 Å². The molecule has 0 bridgehead atoms. The standard InChI is InChI=1S/C22H24N4O2/c23-13-17-3-1-5-19(11-17)28-20-6-2-4-18(12-20)14-25-9-7-22(8-10-25)15-26(16-22)21(24)27/h1-6,11-12H,7-10,14-16H2,(H2,24,27). The molecule has 1 spiro atoms. The minimum atomic E-state index is -0.301. The first-order valence-corrected chi connectivity index (χ1v) is 9.59. The summed E-state index contributed by atoms with van der Waals surface area (Å²) in [5.74, 6) is 1.44. The van der Waals surface area contributed by atoms with Gasteiger partial charge in [0.1, 0.15) is 11.5 Å². The summed E-state index contributed by atoms with van der Waals surface area (Å²) in [5, 5.41) is 9.02. The normalized spacial score (nSPS) is 18.3. The number of urea groups is 1. The van der Waals surface area contributed by atoms with Crippen molar-refractivity contribution in [2.75, 3.05) is 26.2 Å². The van der Waals surface area contributed by atoms with Gasteiger partial charge in [0.2, 0.25) is 0 Å². The second-order valence-corrected chi connectivity index (χ2v) is 7.86. The van der Waals surface area contributed by atoms with Crippen LogP contribution in [-0.2, 0) is 6.54 Å². The van der Waals surface area contributed by atoms with Crippen molar-refractivity contribution in [3.05, 3.63) is 59.7 Å². The third-order valence-electron chi connectivity index (χ3n) is 5.78. The number of nitrogens with zero attached hydrogens (tertiary/aromatic N) is 3. The molecule has 144 valence electrons. The number of piperidine rings is 1. The van der Waals surface area contributed by atoms with Crippen LogP contribution in [0.5, 0.6) is 11.5 Å². The van der Waals surface area contributed by atoms with E-state index in [1.807, 2.05) is 24.3 Å². The molecule has 2 aliphatic heterocycles. The molecule has 6 heteroatoms. The Morgan fingerprint density at radius 3 is 2.46 bits per heavy atom. The van der Waals surface area contributed by atoms with E-state index in [2.05, 4.69) is 23.1 Å². The maximum absolute atomic E-state index is 11.2. The number of likely N-dealkylation sites (tertiary alicyclic amines) is 2. The van der Waals surface area contributed by atoms with Crippen molar-refractivity contribution in [2.24, 2.45) is 11.1 Å². The molecule has 2 aliphatic rings. The van der Waals surface area contributed by atoms with E-state index in [-0.39, 0.29) is 11.4 Å². The van der Waals surface area contributed by atoms with Crippen molar-refractivity contribution in [3.63, 3.8) is 0 Å². The first kappa shape index (κ1) is 18.3. The van der Waals surface area contributed by atoms with Gasteiger partial charge in [0.05, 0.1) is 11.6 Å². The Balaban J connectivity index is 1.33. The number of nitrogens with two attached hydrogens (primary N) is 1. The third-order valence-corrected chi connectivity index (χ3v) is 5.78. The summed E-state index contributed by atoms with van der Waals surface area (Å²) in [4.78, 5) is 15.4. The summed E-state index contributed by atoms with van der Waals surface area (Å²) in [6, 6.07) is 17.1. The highest BCUT2D eigenvalue weighted by molar-refractivity contribution is 5.73. The maximum atomic E-state index is 11.2. The Bertz CT molecular complexity index is 905. The molecule has 6 nitrogen and oxygen atoms in total. The molecule has 0 radical (unpaired) electrons.